The van der Waals surface area contributed by atoms with Crippen LogP contribution in [-0.4, -0.2) is 24.8 Å². The van der Waals surface area contributed by atoms with Crippen LogP contribution in [0.3, 0.4) is 0 Å². The number of aromatic nitrogens is 1. The van der Waals surface area contributed by atoms with E-state index >= 15 is 0 Å². The van der Waals surface area contributed by atoms with Crippen LogP contribution < -0.4 is 5.56 Å². The molecule has 0 aliphatic carbocycles. The molecule has 0 spiro atoms. The molecule has 1 N–H and O–H groups in total. The van der Waals surface area contributed by atoms with Crippen LogP contribution >= 0.6 is 0 Å². The predicted octanol–water partition coefficient (Wildman–Crippen LogP) is 1.20. The number of benzene rings is 1. The molecule has 0 unspecified atom stereocenters. The van der Waals surface area contributed by atoms with Gasteiger partial charge in [0, 0.05) is 25.9 Å². The Balaban J connectivity index is 2.24. The second kappa shape index (κ2) is 5.38. The summed E-state index contributed by atoms with van der Waals surface area (Å²) in [6, 6.07) is 11.8. The van der Waals surface area contributed by atoms with Crippen molar-refractivity contribution in [2.45, 2.75) is 11.4 Å². The number of sulfonamides is 1. The summed E-state index contributed by atoms with van der Waals surface area (Å²) in [5, 5.41) is 0. The number of pyridine rings is 1. The number of rotatable bonds is 4. The maximum absolute atomic E-state index is 12.3. The lowest BCUT2D eigenvalue weighted by atomic mass is 10.2. The first-order valence-electron chi connectivity index (χ1n) is 5.69. The highest BCUT2D eigenvalue weighted by atomic mass is 32.2. The van der Waals surface area contributed by atoms with E-state index in [0.29, 0.717) is 0 Å². The van der Waals surface area contributed by atoms with Gasteiger partial charge in [-0.05, 0) is 11.6 Å². The predicted molar refractivity (Wildman–Crippen MR) is 72.2 cm³/mol. The molecule has 1 aromatic heterocycles. The first-order chi connectivity index (χ1) is 9.00. The summed E-state index contributed by atoms with van der Waals surface area (Å²) in [4.78, 5) is 13.4. The van der Waals surface area contributed by atoms with Gasteiger partial charge in [-0.15, -0.1) is 0 Å². The van der Waals surface area contributed by atoms with Gasteiger partial charge in [-0.25, -0.2) is 8.42 Å². The third-order valence-corrected chi connectivity index (χ3v) is 4.51. The first kappa shape index (κ1) is 13.5. The maximum atomic E-state index is 12.3. The fraction of sp³-hybridized carbons (Fsp3) is 0.154. The summed E-state index contributed by atoms with van der Waals surface area (Å²) >= 11 is 0. The molecule has 100 valence electrons. The van der Waals surface area contributed by atoms with Crippen molar-refractivity contribution in [3.05, 3.63) is 64.6 Å². The second-order valence-electron chi connectivity index (χ2n) is 4.14. The van der Waals surface area contributed by atoms with Gasteiger partial charge in [0.2, 0.25) is 15.6 Å². The van der Waals surface area contributed by atoms with Crippen molar-refractivity contribution >= 4 is 10.0 Å². The quantitative estimate of drug-likeness (QED) is 0.913. The van der Waals surface area contributed by atoms with Crippen LogP contribution in [0.25, 0.3) is 0 Å². The number of nitrogens with one attached hydrogen (secondary N) is 1. The minimum atomic E-state index is -3.59. The number of hydrogen-bond donors (Lipinski definition) is 1. The van der Waals surface area contributed by atoms with Crippen molar-refractivity contribution in [3.63, 3.8) is 0 Å². The lowest BCUT2D eigenvalue weighted by molar-refractivity contribution is 0.466. The minimum Gasteiger partial charge on any atom is -0.328 e. The molecule has 5 nitrogen and oxygen atoms in total. The summed E-state index contributed by atoms with van der Waals surface area (Å²) < 4.78 is 25.7. The molecule has 2 aromatic rings. The highest BCUT2D eigenvalue weighted by Gasteiger charge is 2.20. The highest BCUT2D eigenvalue weighted by Crippen LogP contribution is 2.14. The second-order valence-corrected chi connectivity index (χ2v) is 6.18. The number of aromatic amines is 1. The number of nitrogens with zero attached hydrogens (tertiary/aromatic N) is 1. The van der Waals surface area contributed by atoms with E-state index in [1.807, 2.05) is 30.3 Å². The fourth-order valence-corrected chi connectivity index (χ4v) is 2.79. The van der Waals surface area contributed by atoms with Crippen LogP contribution in [0.4, 0.5) is 0 Å². The van der Waals surface area contributed by atoms with Crippen LogP contribution in [0.2, 0.25) is 0 Å². The zero-order valence-electron chi connectivity index (χ0n) is 10.4. The van der Waals surface area contributed by atoms with Crippen molar-refractivity contribution in [2.24, 2.45) is 0 Å². The van der Waals surface area contributed by atoms with Crippen molar-refractivity contribution in [1.82, 2.24) is 9.29 Å². The Morgan fingerprint density at radius 1 is 1.11 bits per heavy atom. The van der Waals surface area contributed by atoms with Gasteiger partial charge in [-0.2, -0.15) is 4.31 Å². The SMILES string of the molecule is CN(Cc1ccccc1)S(=O)(=O)c1ccc(=O)[nH]c1. The molecule has 0 radical (unpaired) electrons. The topological polar surface area (TPSA) is 70.2 Å². The minimum absolute atomic E-state index is 0.0746. The zero-order chi connectivity index (χ0) is 13.9. The molecule has 0 saturated heterocycles. The van der Waals surface area contributed by atoms with Crippen LogP contribution in [0, 0.1) is 0 Å². The molecule has 2 rings (SSSR count). The number of hydrogen-bond acceptors (Lipinski definition) is 3. The van der Waals surface area contributed by atoms with E-state index in [2.05, 4.69) is 4.98 Å². The normalized spacial score (nSPS) is 11.7. The molecule has 1 heterocycles. The van der Waals surface area contributed by atoms with Crippen LogP contribution in [0.1, 0.15) is 5.56 Å². The van der Waals surface area contributed by atoms with E-state index < -0.39 is 10.0 Å². The van der Waals surface area contributed by atoms with Gasteiger partial charge in [0.25, 0.3) is 0 Å². The maximum Gasteiger partial charge on any atom is 0.247 e. The largest absolute Gasteiger partial charge is 0.328 e. The Labute approximate surface area is 111 Å². The van der Waals surface area contributed by atoms with E-state index in [9.17, 15) is 13.2 Å². The Morgan fingerprint density at radius 2 is 1.79 bits per heavy atom. The molecule has 0 fully saturated rings. The molecular weight excluding hydrogens is 264 g/mol. The lowest BCUT2D eigenvalue weighted by Gasteiger charge is -2.17. The summed E-state index contributed by atoms with van der Waals surface area (Å²) in [5.74, 6) is 0. The van der Waals surface area contributed by atoms with E-state index in [-0.39, 0.29) is 17.0 Å². The average Bonchev–Trinajstić information content (AvgIpc) is 2.40. The zero-order valence-corrected chi connectivity index (χ0v) is 11.2. The van der Waals surface area contributed by atoms with Crippen LogP contribution in [-0.2, 0) is 16.6 Å². The molecule has 0 saturated carbocycles. The smallest absolute Gasteiger partial charge is 0.247 e. The van der Waals surface area contributed by atoms with Crippen LogP contribution in [0.15, 0.2) is 58.4 Å². The molecule has 1 aromatic carbocycles. The Hall–Kier alpha value is -1.92. The molecule has 0 amide bonds. The van der Waals surface area contributed by atoms with Crippen LogP contribution in [0.5, 0.6) is 0 Å². The fourth-order valence-electron chi connectivity index (χ4n) is 1.66. The molecule has 6 heteroatoms. The third-order valence-electron chi connectivity index (χ3n) is 2.71. The highest BCUT2D eigenvalue weighted by molar-refractivity contribution is 7.89. The van der Waals surface area contributed by atoms with E-state index in [1.54, 1.807) is 0 Å². The third kappa shape index (κ3) is 3.10. The summed E-state index contributed by atoms with van der Waals surface area (Å²) in [6.07, 6.45) is 1.21. The van der Waals surface area contributed by atoms with Gasteiger partial charge < -0.3 is 4.98 Å². The molecule has 0 atom stereocenters. The van der Waals surface area contributed by atoms with E-state index in [4.69, 9.17) is 0 Å². The summed E-state index contributed by atoms with van der Waals surface area (Å²) in [7, 11) is -2.08. The van der Waals surface area contributed by atoms with E-state index in [1.165, 1.54) is 29.7 Å². The van der Waals surface area contributed by atoms with Gasteiger partial charge in [0.15, 0.2) is 0 Å². The standard InChI is InChI=1S/C13H14N2O3S/c1-15(10-11-5-3-2-4-6-11)19(17,18)12-7-8-13(16)14-9-12/h2-9H,10H2,1H3,(H,14,16). The summed E-state index contributed by atoms with van der Waals surface area (Å²) in [6.45, 7) is 0.280. The average molecular weight is 278 g/mol. The Morgan fingerprint density at radius 3 is 2.37 bits per heavy atom. The van der Waals surface area contributed by atoms with Crippen molar-refractivity contribution in [1.29, 1.82) is 0 Å². The molecule has 0 aliphatic rings. The van der Waals surface area contributed by atoms with Gasteiger partial charge in [0.1, 0.15) is 0 Å². The van der Waals surface area contributed by atoms with Crippen molar-refractivity contribution in [2.75, 3.05) is 7.05 Å². The molecule has 0 bridgehead atoms. The van der Waals surface area contributed by atoms with Gasteiger partial charge >= 0.3 is 0 Å². The monoisotopic (exact) mass is 278 g/mol. The van der Waals surface area contributed by atoms with Gasteiger partial charge in [-0.1, -0.05) is 30.3 Å². The van der Waals surface area contributed by atoms with Gasteiger partial charge in [-0.3, -0.25) is 4.79 Å². The number of H-pyrrole nitrogens is 1. The molecule has 19 heavy (non-hydrogen) atoms. The Kier molecular flexibility index (Phi) is 3.82. The molecule has 0 aliphatic heterocycles. The van der Waals surface area contributed by atoms with Gasteiger partial charge in [0.05, 0.1) is 4.90 Å². The molecular formula is C13H14N2O3S. The van der Waals surface area contributed by atoms with Crippen molar-refractivity contribution < 1.29 is 8.42 Å². The first-order valence-corrected chi connectivity index (χ1v) is 7.13. The van der Waals surface area contributed by atoms with Crippen molar-refractivity contribution in [3.8, 4) is 0 Å². The lowest BCUT2D eigenvalue weighted by Crippen LogP contribution is -2.27. The Bertz CT molecular complexity index is 688. The van der Waals surface area contributed by atoms with E-state index in [0.717, 1.165) is 5.56 Å². The summed E-state index contributed by atoms with van der Waals surface area (Å²) in [5.41, 5.74) is 0.572.